The number of halogens is 1. The summed E-state index contributed by atoms with van der Waals surface area (Å²) >= 11 is 0. The first-order valence-electron chi connectivity index (χ1n) is 9.44. The minimum atomic E-state index is 0. The van der Waals surface area contributed by atoms with E-state index in [0.717, 1.165) is 30.8 Å². The fourth-order valence-electron chi connectivity index (χ4n) is 3.30. The maximum atomic E-state index is 12.2. The van der Waals surface area contributed by atoms with Crippen molar-refractivity contribution in [2.75, 3.05) is 18.4 Å². The molecule has 1 saturated heterocycles. The minimum Gasteiger partial charge on any atom is -0.352 e. The van der Waals surface area contributed by atoms with Gasteiger partial charge in [0.1, 0.15) is 0 Å². The molecule has 1 aromatic rings. The van der Waals surface area contributed by atoms with E-state index in [9.17, 15) is 9.59 Å². The van der Waals surface area contributed by atoms with Crippen LogP contribution in [0.3, 0.4) is 0 Å². The number of nitrogens with one attached hydrogen (secondary N) is 3. The van der Waals surface area contributed by atoms with E-state index >= 15 is 0 Å². The summed E-state index contributed by atoms with van der Waals surface area (Å²) in [5.74, 6) is 1.23. The molecule has 0 aromatic heterocycles. The highest BCUT2D eigenvalue weighted by Crippen LogP contribution is 2.24. The van der Waals surface area contributed by atoms with Crippen LogP contribution < -0.4 is 16.0 Å². The van der Waals surface area contributed by atoms with Crippen LogP contribution in [0.25, 0.3) is 0 Å². The summed E-state index contributed by atoms with van der Waals surface area (Å²) in [5.41, 5.74) is 1.84. The number of hydrogen-bond donors (Lipinski definition) is 3. The lowest BCUT2D eigenvalue weighted by Crippen LogP contribution is -2.33. The predicted molar refractivity (Wildman–Crippen MR) is 108 cm³/mol. The number of rotatable bonds is 8. The van der Waals surface area contributed by atoms with Crippen molar-refractivity contribution in [2.45, 2.75) is 52.5 Å². The molecule has 2 amide bonds. The molecule has 1 aromatic carbocycles. The van der Waals surface area contributed by atoms with E-state index in [4.69, 9.17) is 0 Å². The van der Waals surface area contributed by atoms with Crippen LogP contribution in [0.4, 0.5) is 5.69 Å². The quantitative estimate of drug-likeness (QED) is 0.645. The molecule has 0 spiro atoms. The summed E-state index contributed by atoms with van der Waals surface area (Å²) in [6.07, 6.45) is 4.30. The van der Waals surface area contributed by atoms with E-state index in [2.05, 4.69) is 22.9 Å². The molecule has 2 rings (SSSR count). The highest BCUT2D eigenvalue weighted by atomic mass is 35.5. The second-order valence-corrected chi connectivity index (χ2v) is 7.04. The van der Waals surface area contributed by atoms with Gasteiger partial charge in [0.05, 0.1) is 0 Å². The number of amides is 2. The molecule has 0 aliphatic carbocycles. The van der Waals surface area contributed by atoms with Crippen molar-refractivity contribution < 1.29 is 9.59 Å². The molecule has 1 heterocycles. The van der Waals surface area contributed by atoms with Crippen LogP contribution >= 0.6 is 12.4 Å². The maximum absolute atomic E-state index is 12.2. The Bertz CT molecular complexity index is 557. The summed E-state index contributed by atoms with van der Waals surface area (Å²) < 4.78 is 0. The van der Waals surface area contributed by atoms with Crippen LogP contribution in [-0.4, -0.2) is 24.9 Å². The molecule has 1 atom stereocenters. The highest BCUT2D eigenvalue weighted by molar-refractivity contribution is 5.90. The van der Waals surface area contributed by atoms with Gasteiger partial charge in [0.2, 0.25) is 11.8 Å². The Kier molecular flexibility index (Phi) is 10.3. The van der Waals surface area contributed by atoms with E-state index in [0.29, 0.717) is 31.2 Å². The van der Waals surface area contributed by atoms with E-state index in [1.54, 1.807) is 0 Å². The lowest BCUT2D eigenvalue weighted by Gasteiger charge is -2.27. The van der Waals surface area contributed by atoms with Gasteiger partial charge in [-0.25, -0.2) is 0 Å². The lowest BCUT2D eigenvalue weighted by molar-refractivity contribution is -0.122. The van der Waals surface area contributed by atoms with Gasteiger partial charge in [-0.3, -0.25) is 9.59 Å². The first kappa shape index (κ1) is 22.5. The number of benzene rings is 1. The van der Waals surface area contributed by atoms with Gasteiger partial charge in [-0.05, 0) is 61.9 Å². The molecule has 26 heavy (non-hydrogen) atoms. The summed E-state index contributed by atoms with van der Waals surface area (Å²) in [7, 11) is 0. The highest BCUT2D eigenvalue weighted by Gasteiger charge is 2.21. The second kappa shape index (κ2) is 11.9. The Morgan fingerprint density at radius 2 is 1.81 bits per heavy atom. The third kappa shape index (κ3) is 7.75. The fourth-order valence-corrected chi connectivity index (χ4v) is 3.30. The van der Waals surface area contributed by atoms with Gasteiger partial charge in [-0.1, -0.05) is 26.0 Å². The zero-order valence-corrected chi connectivity index (χ0v) is 16.7. The van der Waals surface area contributed by atoms with Crippen molar-refractivity contribution in [1.29, 1.82) is 0 Å². The summed E-state index contributed by atoms with van der Waals surface area (Å²) in [5, 5.41) is 9.24. The summed E-state index contributed by atoms with van der Waals surface area (Å²) in [6.45, 7) is 6.83. The van der Waals surface area contributed by atoms with Gasteiger partial charge in [0.15, 0.2) is 0 Å². The molecular weight excluding hydrogens is 350 g/mol. The van der Waals surface area contributed by atoms with E-state index in [-0.39, 0.29) is 24.2 Å². The monoisotopic (exact) mass is 381 g/mol. The fraction of sp³-hybridized carbons (Fsp3) is 0.600. The average Bonchev–Trinajstić information content (AvgIpc) is 2.62. The van der Waals surface area contributed by atoms with Crippen LogP contribution in [-0.2, 0) is 16.1 Å². The normalized spacial score (nSPS) is 15.6. The number of piperidine rings is 1. The third-order valence-corrected chi connectivity index (χ3v) is 4.90. The molecule has 3 N–H and O–H groups in total. The molecule has 1 aliphatic rings. The van der Waals surface area contributed by atoms with Gasteiger partial charge < -0.3 is 16.0 Å². The Labute approximate surface area is 163 Å². The number of carbonyl (C=O) groups excluding carboxylic acids is 2. The minimum absolute atomic E-state index is 0. The van der Waals surface area contributed by atoms with Crippen molar-refractivity contribution in [1.82, 2.24) is 10.6 Å². The first-order valence-corrected chi connectivity index (χ1v) is 9.44. The van der Waals surface area contributed by atoms with Gasteiger partial charge in [0, 0.05) is 25.1 Å². The first-order chi connectivity index (χ1) is 12.1. The Balaban J connectivity index is 0.00000338. The Hall–Kier alpha value is -1.59. The van der Waals surface area contributed by atoms with Crippen molar-refractivity contribution in [3.05, 3.63) is 29.8 Å². The smallest absolute Gasteiger partial charge is 0.224 e. The zero-order chi connectivity index (χ0) is 18.1. The standard InChI is InChI=1S/C20H31N3O2.ClH/c1-3-4-19(24)23-18-7-5-16(6-8-18)14-22-20(25)13-15(2)17-9-11-21-12-10-17;/h5-8,15,17,21H,3-4,9-14H2,1-2H3,(H,22,25)(H,23,24);1H. The largest absolute Gasteiger partial charge is 0.352 e. The van der Waals surface area contributed by atoms with Crippen LogP contribution in [0.5, 0.6) is 0 Å². The average molecular weight is 382 g/mol. The maximum Gasteiger partial charge on any atom is 0.224 e. The van der Waals surface area contributed by atoms with Crippen LogP contribution in [0, 0.1) is 11.8 Å². The lowest BCUT2D eigenvalue weighted by atomic mass is 9.84. The van der Waals surface area contributed by atoms with Crippen molar-refractivity contribution >= 4 is 29.9 Å². The number of anilines is 1. The van der Waals surface area contributed by atoms with Crippen LogP contribution in [0.2, 0.25) is 0 Å². The Morgan fingerprint density at radius 1 is 1.15 bits per heavy atom. The van der Waals surface area contributed by atoms with E-state index in [1.807, 2.05) is 31.2 Å². The molecule has 1 fully saturated rings. The van der Waals surface area contributed by atoms with Crippen LogP contribution in [0.1, 0.15) is 51.5 Å². The molecule has 6 heteroatoms. The van der Waals surface area contributed by atoms with Gasteiger partial charge in [0.25, 0.3) is 0 Å². The molecule has 0 radical (unpaired) electrons. The molecule has 1 aliphatic heterocycles. The molecule has 146 valence electrons. The molecular formula is C20H32ClN3O2. The van der Waals surface area contributed by atoms with Gasteiger partial charge in [-0.2, -0.15) is 0 Å². The van der Waals surface area contributed by atoms with Gasteiger partial charge in [-0.15, -0.1) is 12.4 Å². The summed E-state index contributed by atoms with van der Waals surface area (Å²) in [4.78, 5) is 23.7. The third-order valence-electron chi connectivity index (χ3n) is 4.90. The van der Waals surface area contributed by atoms with Crippen molar-refractivity contribution in [3.8, 4) is 0 Å². The number of carbonyl (C=O) groups is 2. The van der Waals surface area contributed by atoms with Crippen molar-refractivity contribution in [3.63, 3.8) is 0 Å². The molecule has 1 unspecified atom stereocenters. The summed E-state index contributed by atoms with van der Waals surface area (Å²) in [6, 6.07) is 7.65. The molecule has 0 bridgehead atoms. The van der Waals surface area contributed by atoms with Crippen LogP contribution in [0.15, 0.2) is 24.3 Å². The molecule has 0 saturated carbocycles. The molecule has 5 nitrogen and oxygen atoms in total. The second-order valence-electron chi connectivity index (χ2n) is 7.04. The van der Waals surface area contributed by atoms with Crippen molar-refractivity contribution in [2.24, 2.45) is 11.8 Å². The zero-order valence-electron chi connectivity index (χ0n) is 15.8. The van der Waals surface area contributed by atoms with E-state index in [1.165, 1.54) is 12.8 Å². The van der Waals surface area contributed by atoms with Gasteiger partial charge >= 0.3 is 0 Å². The Morgan fingerprint density at radius 3 is 2.42 bits per heavy atom. The SMILES string of the molecule is CCCC(=O)Nc1ccc(CNC(=O)CC(C)C2CCNCC2)cc1.Cl. The predicted octanol–water partition coefficient (Wildman–Crippen LogP) is 3.49. The topological polar surface area (TPSA) is 70.2 Å². The number of hydrogen-bond acceptors (Lipinski definition) is 3. The van der Waals surface area contributed by atoms with E-state index < -0.39 is 0 Å².